The zero-order valence-electron chi connectivity index (χ0n) is 15.0. The molecule has 1 atom stereocenters. The van der Waals surface area contributed by atoms with Crippen LogP contribution in [0.4, 0.5) is 22.0 Å². The Hall–Kier alpha value is -3.07. The van der Waals surface area contributed by atoms with E-state index in [1.54, 1.807) is 6.07 Å². The molecule has 0 radical (unpaired) electrons. The van der Waals surface area contributed by atoms with Crippen molar-refractivity contribution >= 4 is 23.2 Å². The number of nitrogens with one attached hydrogen (secondary N) is 1. The van der Waals surface area contributed by atoms with Crippen LogP contribution in [-0.2, 0) is 11.0 Å². The van der Waals surface area contributed by atoms with Gasteiger partial charge in [0.15, 0.2) is 0 Å². The third-order valence-electron chi connectivity index (χ3n) is 4.34. The molecule has 1 aromatic carbocycles. The van der Waals surface area contributed by atoms with Crippen molar-refractivity contribution in [1.82, 2.24) is 15.2 Å². The minimum Gasteiger partial charge on any atom is -0.342 e. The molecule has 1 saturated heterocycles. The number of rotatable bonds is 4. The third kappa shape index (κ3) is 4.73. The highest BCUT2D eigenvalue weighted by molar-refractivity contribution is 7.13. The van der Waals surface area contributed by atoms with Crippen molar-refractivity contribution in [3.05, 3.63) is 40.9 Å². The number of thiazole rings is 1. The molecule has 0 spiro atoms. The van der Waals surface area contributed by atoms with Gasteiger partial charge in [-0.2, -0.15) is 18.4 Å². The SMILES string of the molecule is N#C[C@@H]1CC(F)(F)CN1C(=O)CNC(=O)c1csc(-c2ccc(C(F)(F)F)cc2)n1. The van der Waals surface area contributed by atoms with Crippen molar-refractivity contribution in [3.63, 3.8) is 0 Å². The Kier molecular flexibility index (Phi) is 5.76. The van der Waals surface area contributed by atoms with Crippen LogP contribution in [0.3, 0.4) is 0 Å². The molecule has 1 aromatic heterocycles. The maximum absolute atomic E-state index is 13.4. The van der Waals surface area contributed by atoms with Crippen molar-refractivity contribution in [2.45, 2.75) is 24.6 Å². The largest absolute Gasteiger partial charge is 0.416 e. The van der Waals surface area contributed by atoms with Crippen LogP contribution < -0.4 is 5.32 Å². The van der Waals surface area contributed by atoms with Crippen LogP contribution in [0.5, 0.6) is 0 Å². The summed E-state index contributed by atoms with van der Waals surface area (Å²) in [6.07, 6.45) is -5.23. The Bertz CT molecular complexity index is 997. The summed E-state index contributed by atoms with van der Waals surface area (Å²) in [5.74, 6) is -4.74. The Morgan fingerprint density at radius 3 is 2.57 bits per heavy atom. The topological polar surface area (TPSA) is 86.1 Å². The first-order valence-electron chi connectivity index (χ1n) is 8.48. The molecule has 30 heavy (non-hydrogen) atoms. The second-order valence-electron chi connectivity index (χ2n) is 6.52. The monoisotopic (exact) mass is 444 g/mol. The Morgan fingerprint density at radius 2 is 1.97 bits per heavy atom. The zero-order chi connectivity index (χ0) is 22.1. The van der Waals surface area contributed by atoms with Gasteiger partial charge < -0.3 is 10.2 Å². The summed E-state index contributed by atoms with van der Waals surface area (Å²) in [5, 5.41) is 12.8. The lowest BCUT2D eigenvalue weighted by atomic mass is 10.1. The number of nitrogens with zero attached hydrogens (tertiary/aromatic N) is 3. The number of halogens is 5. The zero-order valence-corrected chi connectivity index (χ0v) is 15.9. The third-order valence-corrected chi connectivity index (χ3v) is 5.23. The molecule has 0 unspecified atom stereocenters. The van der Waals surface area contributed by atoms with Crippen LogP contribution in [0.25, 0.3) is 10.6 Å². The van der Waals surface area contributed by atoms with E-state index < -0.39 is 55.0 Å². The van der Waals surface area contributed by atoms with Gasteiger partial charge in [0.25, 0.3) is 11.8 Å². The maximum Gasteiger partial charge on any atom is 0.416 e. The normalized spacial score (nSPS) is 18.1. The average molecular weight is 444 g/mol. The van der Waals surface area contributed by atoms with E-state index in [0.29, 0.717) is 10.6 Å². The number of alkyl halides is 5. The summed E-state index contributed by atoms with van der Waals surface area (Å²) in [6, 6.07) is 4.61. The lowest BCUT2D eigenvalue weighted by Gasteiger charge is -2.19. The molecule has 2 amide bonds. The van der Waals surface area contributed by atoms with Crippen molar-refractivity contribution in [2.75, 3.05) is 13.1 Å². The molecule has 0 saturated carbocycles. The summed E-state index contributed by atoms with van der Waals surface area (Å²) in [5.41, 5.74) is -0.520. The van der Waals surface area contributed by atoms with E-state index in [9.17, 15) is 31.5 Å². The molecule has 6 nitrogen and oxygen atoms in total. The van der Waals surface area contributed by atoms with Gasteiger partial charge in [0, 0.05) is 17.4 Å². The molecule has 12 heteroatoms. The van der Waals surface area contributed by atoms with Crippen LogP contribution in [-0.4, -0.2) is 46.8 Å². The molecule has 3 rings (SSSR count). The first kappa shape index (κ1) is 21.6. The lowest BCUT2D eigenvalue weighted by molar-refractivity contribution is -0.137. The predicted molar refractivity (Wildman–Crippen MR) is 95.6 cm³/mol. The van der Waals surface area contributed by atoms with Crippen molar-refractivity contribution in [2.24, 2.45) is 0 Å². The number of carbonyl (C=O) groups excluding carboxylic acids is 2. The van der Waals surface area contributed by atoms with Crippen LogP contribution in [0.1, 0.15) is 22.5 Å². The summed E-state index contributed by atoms with van der Waals surface area (Å²) < 4.78 is 64.7. The second kappa shape index (κ2) is 7.98. The summed E-state index contributed by atoms with van der Waals surface area (Å²) in [7, 11) is 0. The number of hydrogen-bond acceptors (Lipinski definition) is 5. The number of amides is 2. The minimum atomic E-state index is -4.47. The lowest BCUT2D eigenvalue weighted by Crippen LogP contribution is -2.43. The highest BCUT2D eigenvalue weighted by atomic mass is 32.1. The fourth-order valence-electron chi connectivity index (χ4n) is 2.85. The fraction of sp³-hybridized carbons (Fsp3) is 0.333. The maximum atomic E-state index is 13.4. The van der Waals surface area contributed by atoms with Gasteiger partial charge in [-0.15, -0.1) is 11.3 Å². The van der Waals surface area contributed by atoms with E-state index in [1.165, 1.54) is 17.5 Å². The van der Waals surface area contributed by atoms with Crippen LogP contribution in [0, 0.1) is 11.3 Å². The van der Waals surface area contributed by atoms with Gasteiger partial charge in [0.05, 0.1) is 24.7 Å². The molecule has 2 aromatic rings. The smallest absolute Gasteiger partial charge is 0.342 e. The molecule has 0 bridgehead atoms. The Morgan fingerprint density at radius 1 is 1.30 bits per heavy atom. The molecule has 0 aliphatic carbocycles. The van der Waals surface area contributed by atoms with Crippen LogP contribution in [0.2, 0.25) is 0 Å². The number of nitriles is 1. The van der Waals surface area contributed by atoms with Gasteiger partial charge in [-0.25, -0.2) is 13.8 Å². The number of carbonyl (C=O) groups is 2. The van der Waals surface area contributed by atoms with Crippen LogP contribution >= 0.6 is 11.3 Å². The van der Waals surface area contributed by atoms with E-state index in [4.69, 9.17) is 5.26 Å². The molecule has 158 valence electrons. The number of likely N-dealkylation sites (tertiary alicyclic amines) is 1. The summed E-state index contributed by atoms with van der Waals surface area (Å²) >= 11 is 1.02. The van der Waals surface area contributed by atoms with E-state index in [1.807, 2.05) is 0 Å². The summed E-state index contributed by atoms with van der Waals surface area (Å²) in [6.45, 7) is -1.49. The van der Waals surface area contributed by atoms with Gasteiger partial charge in [-0.3, -0.25) is 9.59 Å². The second-order valence-corrected chi connectivity index (χ2v) is 7.38. The van der Waals surface area contributed by atoms with E-state index in [2.05, 4.69) is 10.3 Å². The quantitative estimate of drug-likeness (QED) is 0.734. The van der Waals surface area contributed by atoms with Crippen molar-refractivity contribution in [3.8, 4) is 16.6 Å². The number of aromatic nitrogens is 1. The Balaban J connectivity index is 1.62. The predicted octanol–water partition coefficient (Wildman–Crippen LogP) is 3.32. The summed E-state index contributed by atoms with van der Waals surface area (Å²) in [4.78, 5) is 29.0. The van der Waals surface area contributed by atoms with Gasteiger partial charge in [0.2, 0.25) is 5.91 Å². The highest BCUT2D eigenvalue weighted by Gasteiger charge is 2.47. The van der Waals surface area contributed by atoms with Crippen molar-refractivity contribution < 1.29 is 31.5 Å². The molecule has 1 fully saturated rings. The number of benzene rings is 1. The first-order chi connectivity index (χ1) is 14.0. The molecule has 1 N–H and O–H groups in total. The van der Waals surface area contributed by atoms with E-state index in [-0.39, 0.29) is 5.69 Å². The average Bonchev–Trinajstić information content (AvgIpc) is 3.29. The van der Waals surface area contributed by atoms with E-state index >= 15 is 0 Å². The fourth-order valence-corrected chi connectivity index (χ4v) is 3.66. The highest BCUT2D eigenvalue weighted by Crippen LogP contribution is 2.32. The van der Waals surface area contributed by atoms with E-state index in [0.717, 1.165) is 28.4 Å². The molecular formula is C18H13F5N4O2S. The first-order valence-corrected chi connectivity index (χ1v) is 9.36. The standard InChI is InChI=1S/C18H13F5N4O2S/c19-17(20)5-12(6-24)27(9-17)14(28)7-25-15(29)13-8-30-16(26-13)10-1-3-11(4-2-10)18(21,22)23/h1-4,8,12H,5,7,9H2,(H,25,29)/t12-/m0/s1. The van der Waals surface area contributed by atoms with Crippen molar-refractivity contribution in [1.29, 1.82) is 5.26 Å². The Labute approximate surface area is 170 Å². The minimum absolute atomic E-state index is 0.0775. The molecular weight excluding hydrogens is 431 g/mol. The molecule has 2 heterocycles. The van der Waals surface area contributed by atoms with Gasteiger partial charge in [-0.05, 0) is 12.1 Å². The molecule has 1 aliphatic rings. The van der Waals surface area contributed by atoms with Gasteiger partial charge >= 0.3 is 6.18 Å². The number of hydrogen-bond donors (Lipinski definition) is 1. The van der Waals surface area contributed by atoms with Gasteiger partial charge in [-0.1, -0.05) is 12.1 Å². The van der Waals surface area contributed by atoms with Crippen LogP contribution in [0.15, 0.2) is 29.6 Å². The molecule has 1 aliphatic heterocycles. The van der Waals surface area contributed by atoms with Gasteiger partial charge in [0.1, 0.15) is 16.7 Å².